The fourth-order valence-corrected chi connectivity index (χ4v) is 1.49. The molecule has 2 nitrogen and oxygen atoms in total. The van der Waals surface area contributed by atoms with Gasteiger partial charge in [0.1, 0.15) is 6.33 Å². The average molecular weight is 204 g/mol. The third-order valence-corrected chi connectivity index (χ3v) is 2.43. The van der Waals surface area contributed by atoms with Crippen LogP contribution in [0.5, 0.6) is 0 Å². The highest BCUT2D eigenvalue weighted by atomic mass is 19.1. The summed E-state index contributed by atoms with van der Waals surface area (Å²) in [5.74, 6) is 0.152. The van der Waals surface area contributed by atoms with Crippen LogP contribution in [0.25, 0.3) is 5.69 Å². The molecule has 0 amide bonds. The van der Waals surface area contributed by atoms with E-state index in [1.54, 1.807) is 0 Å². The fourth-order valence-electron chi connectivity index (χ4n) is 1.49. The maximum absolute atomic E-state index is 13.2. The van der Waals surface area contributed by atoms with Crippen molar-refractivity contribution in [2.75, 3.05) is 0 Å². The number of rotatable bonds is 2. The monoisotopic (exact) mass is 204 g/mol. The zero-order valence-electron chi connectivity index (χ0n) is 8.81. The summed E-state index contributed by atoms with van der Waals surface area (Å²) in [6.45, 7) is 4.26. The van der Waals surface area contributed by atoms with Crippen molar-refractivity contribution in [1.82, 2.24) is 9.55 Å². The largest absolute Gasteiger partial charge is 0.276 e. The van der Waals surface area contributed by atoms with Crippen molar-refractivity contribution in [2.45, 2.75) is 19.8 Å². The molecule has 2 aromatic rings. The van der Waals surface area contributed by atoms with Crippen LogP contribution in [0.2, 0.25) is 0 Å². The first-order chi connectivity index (χ1) is 7.18. The van der Waals surface area contributed by atoms with Crippen LogP contribution in [0.4, 0.5) is 4.39 Å². The van der Waals surface area contributed by atoms with Crippen LogP contribution in [-0.4, -0.2) is 9.55 Å². The van der Waals surface area contributed by atoms with E-state index in [2.05, 4.69) is 18.8 Å². The van der Waals surface area contributed by atoms with Gasteiger partial charge in [0.2, 0.25) is 5.95 Å². The molecule has 0 radical (unpaired) electrons. The predicted molar refractivity (Wildman–Crippen MR) is 57.6 cm³/mol. The highest BCUT2D eigenvalue weighted by Gasteiger charge is 2.03. The Balaban J connectivity index is 2.36. The van der Waals surface area contributed by atoms with Gasteiger partial charge in [0.05, 0.1) is 6.20 Å². The van der Waals surface area contributed by atoms with E-state index < -0.39 is 0 Å². The number of imidazole rings is 1. The lowest BCUT2D eigenvalue weighted by atomic mass is 10.0. The molecule has 0 unspecified atom stereocenters. The molecular formula is C12H13FN2. The minimum Gasteiger partial charge on any atom is -0.276 e. The second-order valence-electron chi connectivity index (χ2n) is 3.83. The summed E-state index contributed by atoms with van der Waals surface area (Å²) in [6.07, 6.45) is 2.68. The molecule has 1 aromatic heterocycles. The SMILES string of the molecule is CC(C)c1ccc(-n2cncc2F)cc1. The first-order valence-corrected chi connectivity index (χ1v) is 4.96. The van der Waals surface area contributed by atoms with E-state index in [1.807, 2.05) is 24.3 Å². The van der Waals surface area contributed by atoms with E-state index >= 15 is 0 Å². The van der Waals surface area contributed by atoms with E-state index in [-0.39, 0.29) is 5.95 Å². The van der Waals surface area contributed by atoms with Crippen molar-refractivity contribution in [2.24, 2.45) is 0 Å². The van der Waals surface area contributed by atoms with Gasteiger partial charge in [-0.15, -0.1) is 0 Å². The quantitative estimate of drug-likeness (QED) is 0.734. The molecule has 3 heteroatoms. The number of aromatic nitrogens is 2. The number of hydrogen-bond donors (Lipinski definition) is 0. The van der Waals surface area contributed by atoms with Gasteiger partial charge in [0.15, 0.2) is 0 Å². The molecule has 15 heavy (non-hydrogen) atoms. The van der Waals surface area contributed by atoms with Crippen molar-refractivity contribution in [3.8, 4) is 5.69 Å². The van der Waals surface area contributed by atoms with Gasteiger partial charge >= 0.3 is 0 Å². The van der Waals surface area contributed by atoms with Crippen LogP contribution < -0.4 is 0 Å². The number of benzene rings is 1. The molecule has 0 saturated heterocycles. The standard InChI is InChI=1S/C12H13FN2/c1-9(2)10-3-5-11(6-4-10)15-8-14-7-12(15)13/h3-9H,1-2H3. The molecule has 2 rings (SSSR count). The minimum atomic E-state index is -0.340. The molecule has 0 bridgehead atoms. The summed E-state index contributed by atoms with van der Waals surface area (Å²) in [5.41, 5.74) is 2.05. The van der Waals surface area contributed by atoms with Crippen LogP contribution in [0.3, 0.4) is 0 Å². The van der Waals surface area contributed by atoms with E-state index in [9.17, 15) is 4.39 Å². The average Bonchev–Trinajstić information content (AvgIpc) is 2.65. The Morgan fingerprint density at radius 1 is 1.20 bits per heavy atom. The van der Waals surface area contributed by atoms with Gasteiger partial charge in [0, 0.05) is 5.69 Å². The van der Waals surface area contributed by atoms with Crippen molar-refractivity contribution < 1.29 is 4.39 Å². The number of halogens is 1. The molecular weight excluding hydrogens is 191 g/mol. The lowest BCUT2D eigenvalue weighted by Gasteiger charge is -2.07. The van der Waals surface area contributed by atoms with Gasteiger partial charge in [0.25, 0.3) is 0 Å². The summed E-state index contributed by atoms with van der Waals surface area (Å²) in [7, 11) is 0. The molecule has 0 aliphatic carbocycles. The van der Waals surface area contributed by atoms with Crippen molar-refractivity contribution in [3.63, 3.8) is 0 Å². The lowest BCUT2D eigenvalue weighted by molar-refractivity contribution is 0.560. The molecule has 78 valence electrons. The predicted octanol–water partition coefficient (Wildman–Crippen LogP) is 3.13. The second kappa shape index (κ2) is 3.85. The Kier molecular flexibility index (Phi) is 2.54. The smallest absolute Gasteiger partial charge is 0.217 e. The summed E-state index contributed by atoms with van der Waals surface area (Å²) in [4.78, 5) is 3.74. The highest BCUT2D eigenvalue weighted by Crippen LogP contribution is 2.17. The van der Waals surface area contributed by atoms with Gasteiger partial charge < -0.3 is 0 Å². The molecule has 0 N–H and O–H groups in total. The zero-order chi connectivity index (χ0) is 10.8. The van der Waals surface area contributed by atoms with E-state index in [4.69, 9.17) is 0 Å². The Labute approximate surface area is 88.4 Å². The van der Waals surface area contributed by atoms with Crippen LogP contribution in [0, 0.1) is 5.95 Å². The molecule has 0 atom stereocenters. The molecule has 1 aromatic carbocycles. The summed E-state index contributed by atoms with van der Waals surface area (Å²) < 4.78 is 14.6. The Morgan fingerprint density at radius 3 is 2.33 bits per heavy atom. The van der Waals surface area contributed by atoms with Crippen molar-refractivity contribution in [1.29, 1.82) is 0 Å². The van der Waals surface area contributed by atoms with Crippen LogP contribution in [0.1, 0.15) is 25.3 Å². The Bertz CT molecular complexity index is 443. The first-order valence-electron chi connectivity index (χ1n) is 4.96. The molecule has 0 spiro atoms. The Hall–Kier alpha value is -1.64. The van der Waals surface area contributed by atoms with Gasteiger partial charge in [-0.05, 0) is 23.6 Å². The third kappa shape index (κ3) is 1.91. The van der Waals surface area contributed by atoms with Crippen LogP contribution in [-0.2, 0) is 0 Å². The molecule has 0 aliphatic rings. The van der Waals surface area contributed by atoms with Crippen LogP contribution >= 0.6 is 0 Å². The van der Waals surface area contributed by atoms with Gasteiger partial charge in [-0.1, -0.05) is 26.0 Å². The van der Waals surface area contributed by atoms with Gasteiger partial charge in [-0.25, -0.2) is 4.98 Å². The van der Waals surface area contributed by atoms with E-state index in [0.29, 0.717) is 5.92 Å². The third-order valence-electron chi connectivity index (χ3n) is 2.43. The first kappa shape index (κ1) is 9.90. The summed E-state index contributed by atoms with van der Waals surface area (Å²) in [6, 6.07) is 7.83. The van der Waals surface area contributed by atoms with Gasteiger partial charge in [-0.2, -0.15) is 4.39 Å². The maximum atomic E-state index is 13.2. The number of hydrogen-bond acceptors (Lipinski definition) is 1. The second-order valence-corrected chi connectivity index (χ2v) is 3.83. The highest BCUT2D eigenvalue weighted by molar-refractivity contribution is 5.35. The number of nitrogens with zero attached hydrogens (tertiary/aromatic N) is 2. The molecule has 0 saturated carbocycles. The zero-order valence-corrected chi connectivity index (χ0v) is 8.81. The normalized spacial score (nSPS) is 10.9. The van der Waals surface area contributed by atoms with Crippen molar-refractivity contribution >= 4 is 0 Å². The topological polar surface area (TPSA) is 17.8 Å². The maximum Gasteiger partial charge on any atom is 0.217 e. The summed E-state index contributed by atoms with van der Waals surface area (Å²) in [5, 5.41) is 0. The fraction of sp³-hybridized carbons (Fsp3) is 0.250. The molecule has 1 heterocycles. The van der Waals surface area contributed by atoms with Crippen molar-refractivity contribution in [3.05, 3.63) is 48.3 Å². The minimum absolute atomic E-state index is 0.340. The molecule has 0 fully saturated rings. The van der Waals surface area contributed by atoms with Crippen LogP contribution in [0.15, 0.2) is 36.8 Å². The van der Waals surface area contributed by atoms with E-state index in [0.717, 1.165) is 5.69 Å². The van der Waals surface area contributed by atoms with Gasteiger partial charge in [-0.3, -0.25) is 4.57 Å². The lowest BCUT2D eigenvalue weighted by Crippen LogP contribution is -1.96. The van der Waals surface area contributed by atoms with E-state index in [1.165, 1.54) is 22.7 Å². The molecule has 0 aliphatic heterocycles. The summed E-state index contributed by atoms with van der Waals surface area (Å²) >= 11 is 0. The Morgan fingerprint density at radius 2 is 1.87 bits per heavy atom.